The highest BCUT2D eigenvalue weighted by molar-refractivity contribution is 7.86. The Balaban J connectivity index is 3.56. The molecule has 0 amide bonds. The van der Waals surface area contributed by atoms with Gasteiger partial charge in [0.05, 0.1) is 5.02 Å². The Bertz CT molecular complexity index is 440. The molecule has 0 saturated carbocycles. The van der Waals surface area contributed by atoms with Gasteiger partial charge in [-0.1, -0.05) is 23.2 Å². The molecule has 1 rings (SSSR count). The van der Waals surface area contributed by atoms with Gasteiger partial charge in [-0.25, -0.2) is 0 Å². The van der Waals surface area contributed by atoms with Gasteiger partial charge in [0.15, 0.2) is 0 Å². The van der Waals surface area contributed by atoms with Gasteiger partial charge in [-0.2, -0.15) is 8.42 Å². The quantitative estimate of drug-likeness (QED) is 0.768. The third kappa shape index (κ3) is 2.25. The summed E-state index contributed by atoms with van der Waals surface area (Å²) >= 11 is 10.8. The van der Waals surface area contributed by atoms with Gasteiger partial charge in [-0.05, 0) is 12.1 Å². The van der Waals surface area contributed by atoms with E-state index < -0.39 is 20.8 Å². The van der Waals surface area contributed by atoms with E-state index in [0.717, 1.165) is 12.1 Å². The molecule has 0 aliphatic rings. The molecule has 0 bridgehead atoms. The van der Waals surface area contributed by atoms with Crippen LogP contribution >= 0.6 is 23.2 Å². The molecule has 13 heavy (non-hydrogen) atoms. The van der Waals surface area contributed by atoms with Gasteiger partial charge in [0.2, 0.25) is 5.75 Å². The molecule has 0 fully saturated rings. The molecule has 0 unspecified atom stereocenters. The standard InChI is InChI=1S/C6H3Cl2O4S/c7-3-1-4(8)6(9)5(2-3)13(10,11)12/h1-2H,(H,10,11,12). The first-order valence-electron chi connectivity index (χ1n) is 2.96. The SMILES string of the molecule is [O]c1c(Cl)cc(Cl)cc1S(=O)(=O)O. The van der Waals surface area contributed by atoms with Crippen LogP contribution in [0.5, 0.6) is 5.75 Å². The maximum atomic E-state index is 11.0. The molecule has 0 aromatic heterocycles. The molecule has 0 aliphatic heterocycles. The summed E-state index contributed by atoms with van der Waals surface area (Å²) in [6.07, 6.45) is 0. The van der Waals surface area contributed by atoms with Crippen molar-refractivity contribution >= 4 is 33.3 Å². The average Bonchev–Trinajstić information content (AvgIpc) is 1.94. The van der Waals surface area contributed by atoms with Crippen LogP contribution in [-0.2, 0) is 15.2 Å². The molecule has 0 atom stereocenters. The number of benzene rings is 1. The van der Waals surface area contributed by atoms with Crippen LogP contribution in [0.2, 0.25) is 10.0 Å². The fraction of sp³-hybridized carbons (Fsp3) is 0. The lowest BCUT2D eigenvalue weighted by Crippen LogP contribution is -1.98. The third-order valence-electron chi connectivity index (χ3n) is 1.25. The van der Waals surface area contributed by atoms with E-state index in [9.17, 15) is 13.5 Å². The fourth-order valence-electron chi connectivity index (χ4n) is 0.728. The van der Waals surface area contributed by atoms with Crippen LogP contribution < -0.4 is 0 Å². The predicted octanol–water partition coefficient (Wildman–Crippen LogP) is 2.38. The second kappa shape index (κ2) is 3.34. The largest absolute Gasteiger partial charge is 0.298 e. The molecule has 1 radical (unpaired) electrons. The number of hydrogen-bond donors (Lipinski definition) is 1. The van der Waals surface area contributed by atoms with Gasteiger partial charge >= 0.3 is 0 Å². The fourth-order valence-corrected chi connectivity index (χ4v) is 1.96. The van der Waals surface area contributed by atoms with E-state index >= 15 is 0 Å². The van der Waals surface area contributed by atoms with Gasteiger partial charge in [-0.15, -0.1) is 0 Å². The molecule has 1 N–H and O–H groups in total. The van der Waals surface area contributed by atoms with Crippen LogP contribution in [0.3, 0.4) is 0 Å². The lowest BCUT2D eigenvalue weighted by Gasteiger charge is -2.00. The summed E-state index contributed by atoms with van der Waals surface area (Å²) in [6.45, 7) is 0. The zero-order valence-electron chi connectivity index (χ0n) is 5.99. The van der Waals surface area contributed by atoms with E-state index in [4.69, 9.17) is 27.8 Å². The molecule has 4 nitrogen and oxygen atoms in total. The molecular formula is C6H3Cl2O4S. The van der Waals surface area contributed by atoms with Crippen molar-refractivity contribution in [3.8, 4) is 5.75 Å². The van der Waals surface area contributed by atoms with E-state index in [1.807, 2.05) is 0 Å². The summed E-state index contributed by atoms with van der Waals surface area (Å²) in [7, 11) is -4.56. The lowest BCUT2D eigenvalue weighted by atomic mass is 10.3. The Labute approximate surface area is 84.5 Å². The number of rotatable bonds is 1. The summed E-state index contributed by atoms with van der Waals surface area (Å²) < 4.78 is 29.8. The van der Waals surface area contributed by atoms with Crippen molar-refractivity contribution in [1.82, 2.24) is 0 Å². The Kier molecular flexibility index (Phi) is 2.72. The van der Waals surface area contributed by atoms with Crippen molar-refractivity contribution in [1.29, 1.82) is 0 Å². The normalized spacial score (nSPS) is 11.6. The minimum Gasteiger partial charge on any atom is -0.287 e. The van der Waals surface area contributed by atoms with Crippen LogP contribution in [0.25, 0.3) is 0 Å². The molecular weight excluding hydrogens is 239 g/mol. The Morgan fingerprint density at radius 2 is 1.77 bits per heavy atom. The summed E-state index contributed by atoms with van der Waals surface area (Å²) in [4.78, 5) is -0.815. The summed E-state index contributed by atoms with van der Waals surface area (Å²) in [5.41, 5.74) is 0. The Morgan fingerprint density at radius 1 is 1.23 bits per heavy atom. The topological polar surface area (TPSA) is 74.3 Å². The van der Waals surface area contributed by atoms with E-state index in [1.165, 1.54) is 0 Å². The van der Waals surface area contributed by atoms with Crippen LogP contribution in [0.1, 0.15) is 0 Å². The smallest absolute Gasteiger partial charge is 0.287 e. The maximum Gasteiger partial charge on any atom is 0.298 e. The Morgan fingerprint density at radius 3 is 2.23 bits per heavy atom. The van der Waals surface area contributed by atoms with Gasteiger partial charge in [0.25, 0.3) is 10.1 Å². The molecule has 0 heterocycles. The number of halogens is 2. The third-order valence-corrected chi connectivity index (χ3v) is 2.61. The minimum absolute atomic E-state index is 0.0303. The van der Waals surface area contributed by atoms with Crippen molar-refractivity contribution in [3.05, 3.63) is 22.2 Å². The van der Waals surface area contributed by atoms with Crippen LogP contribution in [0.15, 0.2) is 17.0 Å². The second-order valence-corrected chi connectivity index (χ2v) is 4.42. The van der Waals surface area contributed by atoms with Crippen molar-refractivity contribution < 1.29 is 18.1 Å². The first kappa shape index (κ1) is 10.6. The minimum atomic E-state index is -4.56. The highest BCUT2D eigenvalue weighted by Crippen LogP contribution is 2.34. The van der Waals surface area contributed by atoms with Crippen LogP contribution in [0, 0.1) is 0 Å². The van der Waals surface area contributed by atoms with Crippen molar-refractivity contribution in [2.75, 3.05) is 0 Å². The molecule has 7 heteroatoms. The lowest BCUT2D eigenvalue weighted by molar-refractivity contribution is 0.340. The van der Waals surface area contributed by atoms with E-state index in [1.54, 1.807) is 0 Å². The van der Waals surface area contributed by atoms with Crippen molar-refractivity contribution in [3.63, 3.8) is 0 Å². The second-order valence-electron chi connectivity index (χ2n) is 2.19. The highest BCUT2D eigenvalue weighted by atomic mass is 35.5. The molecule has 0 saturated heterocycles. The number of hydrogen-bond acceptors (Lipinski definition) is 2. The van der Waals surface area contributed by atoms with Gasteiger partial charge in [-0.3, -0.25) is 9.66 Å². The van der Waals surface area contributed by atoms with Gasteiger partial charge in [0, 0.05) is 5.02 Å². The first-order chi connectivity index (χ1) is 5.82. The van der Waals surface area contributed by atoms with Crippen molar-refractivity contribution in [2.45, 2.75) is 4.90 Å². The van der Waals surface area contributed by atoms with Crippen LogP contribution in [-0.4, -0.2) is 13.0 Å². The Hall–Kier alpha value is -0.490. The summed E-state index contributed by atoms with van der Waals surface area (Å²) in [5.74, 6) is -0.964. The summed E-state index contributed by atoms with van der Waals surface area (Å²) in [6, 6.07) is 1.94. The van der Waals surface area contributed by atoms with E-state index in [-0.39, 0.29) is 10.0 Å². The van der Waals surface area contributed by atoms with Gasteiger partial charge in [0.1, 0.15) is 4.90 Å². The average molecular weight is 242 g/mol. The predicted molar refractivity (Wildman–Crippen MR) is 46.4 cm³/mol. The molecule has 1 aromatic rings. The van der Waals surface area contributed by atoms with Crippen LogP contribution in [0.4, 0.5) is 0 Å². The molecule has 0 spiro atoms. The monoisotopic (exact) mass is 241 g/mol. The first-order valence-corrected chi connectivity index (χ1v) is 5.15. The highest BCUT2D eigenvalue weighted by Gasteiger charge is 2.20. The van der Waals surface area contributed by atoms with Gasteiger partial charge < -0.3 is 0 Å². The maximum absolute atomic E-state index is 11.0. The zero-order valence-corrected chi connectivity index (χ0v) is 8.32. The zero-order chi connectivity index (χ0) is 10.2. The van der Waals surface area contributed by atoms with E-state index in [0.29, 0.717) is 0 Å². The van der Waals surface area contributed by atoms with E-state index in [2.05, 4.69) is 0 Å². The molecule has 71 valence electrons. The summed E-state index contributed by atoms with van der Waals surface area (Å²) in [5, 5.41) is 10.7. The molecule has 0 aliphatic carbocycles. The van der Waals surface area contributed by atoms with Crippen molar-refractivity contribution in [2.24, 2.45) is 0 Å². The molecule has 1 aromatic carbocycles.